The fraction of sp³-hybridized carbons (Fsp3) is 0.318. The number of aliphatic hydroxyl groups is 3. The highest BCUT2D eigenvalue weighted by atomic mass is 16.7. The van der Waals surface area contributed by atoms with Gasteiger partial charge in [0, 0.05) is 11.6 Å². The molecule has 4 rings (SSSR count). The maximum Gasteiger partial charge on any atom is 0.239 e. The number of ether oxygens (including phenoxy) is 3. The molecular formula is C22H22O13. The first-order chi connectivity index (χ1) is 16.5. The number of methoxy groups -OCH3 is 1. The van der Waals surface area contributed by atoms with Crippen molar-refractivity contribution >= 4 is 11.0 Å². The maximum absolute atomic E-state index is 13.4. The van der Waals surface area contributed by atoms with Crippen LogP contribution in [-0.4, -0.2) is 78.7 Å². The summed E-state index contributed by atoms with van der Waals surface area (Å²) in [6.07, 6.45) is -7.74. The van der Waals surface area contributed by atoms with E-state index in [1.165, 1.54) is 14.0 Å². The second kappa shape index (κ2) is 8.70. The third-order valence-electron chi connectivity index (χ3n) is 5.64. The summed E-state index contributed by atoms with van der Waals surface area (Å²) < 4.78 is 21.5. The van der Waals surface area contributed by atoms with Gasteiger partial charge in [0.05, 0.1) is 13.2 Å². The molecule has 188 valence electrons. The molecule has 0 saturated carbocycles. The predicted molar refractivity (Wildman–Crippen MR) is 116 cm³/mol. The highest BCUT2D eigenvalue weighted by molar-refractivity contribution is 5.93. The second-order valence-electron chi connectivity index (χ2n) is 7.90. The molecule has 0 amide bonds. The molecule has 0 radical (unpaired) electrons. The topological polar surface area (TPSA) is 220 Å². The average molecular weight is 494 g/mol. The number of rotatable bonds is 4. The van der Waals surface area contributed by atoms with Crippen molar-refractivity contribution in [2.45, 2.75) is 37.6 Å². The summed E-state index contributed by atoms with van der Waals surface area (Å²) in [5.74, 6) is -5.28. The molecule has 2 aromatic carbocycles. The molecule has 1 aromatic heterocycles. The maximum atomic E-state index is 13.4. The summed E-state index contributed by atoms with van der Waals surface area (Å²) in [4.78, 5) is 13.4. The van der Waals surface area contributed by atoms with Crippen LogP contribution in [0.4, 0.5) is 0 Å². The standard InChI is InChI=1S/C22H22O13/c1-6-13(26)17(30)18(31)22(33-6)35-21-16(29)12-8(23)5-11(32-2)15(28)20(12)34-19(21)7-3-9(24)14(27)10(25)4-7/h3-6,13,17-18,22-28,30-31H,1-2H3/t6-,13+,17-,18-,22+/m1/s1. The molecule has 1 saturated heterocycles. The summed E-state index contributed by atoms with van der Waals surface area (Å²) in [5, 5.41) is 80.3. The Morgan fingerprint density at radius 1 is 0.857 bits per heavy atom. The second-order valence-corrected chi connectivity index (χ2v) is 7.90. The van der Waals surface area contributed by atoms with E-state index in [1.807, 2.05) is 0 Å². The minimum absolute atomic E-state index is 0.229. The molecule has 5 atom stereocenters. The largest absolute Gasteiger partial charge is 0.507 e. The van der Waals surface area contributed by atoms with E-state index >= 15 is 0 Å². The summed E-state index contributed by atoms with van der Waals surface area (Å²) in [6.45, 7) is 1.38. The van der Waals surface area contributed by atoms with Crippen molar-refractivity contribution < 1.29 is 59.5 Å². The average Bonchev–Trinajstić information content (AvgIpc) is 2.82. The van der Waals surface area contributed by atoms with Gasteiger partial charge in [-0.2, -0.15) is 0 Å². The van der Waals surface area contributed by atoms with Crippen LogP contribution in [0.1, 0.15) is 6.92 Å². The lowest BCUT2D eigenvalue weighted by molar-refractivity contribution is -0.268. The number of aliphatic hydroxyl groups excluding tert-OH is 3. The third kappa shape index (κ3) is 3.89. The first-order valence-electron chi connectivity index (χ1n) is 10.2. The van der Waals surface area contributed by atoms with Crippen LogP contribution >= 0.6 is 0 Å². The summed E-state index contributed by atoms with van der Waals surface area (Å²) in [6, 6.07) is 2.76. The Bertz CT molecular complexity index is 1320. The number of aromatic hydroxyl groups is 5. The SMILES string of the molecule is COc1cc(O)c2c(=O)c(O[C@@H]3O[C@H](C)[C@H](O)[C@@H](O)[C@H]3O)c(-c3cc(O)c(O)c(O)c3)oc2c1O. The van der Waals surface area contributed by atoms with Crippen LogP contribution in [0.15, 0.2) is 27.4 Å². The number of hydrogen-bond acceptors (Lipinski definition) is 13. The molecule has 13 nitrogen and oxygen atoms in total. The molecule has 13 heteroatoms. The summed E-state index contributed by atoms with van der Waals surface area (Å²) in [5.41, 5.74) is -1.85. The minimum Gasteiger partial charge on any atom is -0.507 e. The fourth-order valence-electron chi connectivity index (χ4n) is 3.71. The number of fused-ring (bicyclic) bond motifs is 1. The van der Waals surface area contributed by atoms with Crippen molar-refractivity contribution in [2.24, 2.45) is 0 Å². The summed E-state index contributed by atoms with van der Waals surface area (Å²) >= 11 is 0. The molecule has 35 heavy (non-hydrogen) atoms. The Hall–Kier alpha value is -3.91. The van der Waals surface area contributed by atoms with Gasteiger partial charge in [0.2, 0.25) is 23.2 Å². The Labute approximate surface area is 195 Å². The zero-order valence-corrected chi connectivity index (χ0v) is 18.2. The molecule has 1 aliphatic rings. The van der Waals surface area contributed by atoms with E-state index in [1.54, 1.807) is 0 Å². The van der Waals surface area contributed by atoms with Crippen molar-refractivity contribution in [3.05, 3.63) is 28.4 Å². The van der Waals surface area contributed by atoms with Gasteiger partial charge in [0.25, 0.3) is 0 Å². The fourth-order valence-corrected chi connectivity index (χ4v) is 3.71. The van der Waals surface area contributed by atoms with Gasteiger partial charge in [-0.15, -0.1) is 0 Å². The van der Waals surface area contributed by atoms with Gasteiger partial charge in [0.15, 0.2) is 34.3 Å². The normalized spacial score (nSPS) is 24.4. The van der Waals surface area contributed by atoms with Crippen LogP contribution in [0.5, 0.6) is 40.2 Å². The smallest absolute Gasteiger partial charge is 0.239 e. The monoisotopic (exact) mass is 494 g/mol. The van der Waals surface area contributed by atoms with E-state index in [2.05, 4.69) is 0 Å². The van der Waals surface area contributed by atoms with Crippen LogP contribution in [0.2, 0.25) is 0 Å². The van der Waals surface area contributed by atoms with E-state index in [9.17, 15) is 45.6 Å². The molecule has 1 aliphatic heterocycles. The van der Waals surface area contributed by atoms with Crippen molar-refractivity contribution in [2.75, 3.05) is 7.11 Å². The molecule has 0 bridgehead atoms. The predicted octanol–water partition coefficient (Wildman–Crippen LogP) is 0.203. The lowest BCUT2D eigenvalue weighted by atomic mass is 10.00. The van der Waals surface area contributed by atoms with Gasteiger partial charge in [-0.3, -0.25) is 4.79 Å². The third-order valence-corrected chi connectivity index (χ3v) is 5.64. The first-order valence-corrected chi connectivity index (χ1v) is 10.2. The Morgan fingerprint density at radius 2 is 1.49 bits per heavy atom. The Balaban J connectivity index is 2.00. The van der Waals surface area contributed by atoms with Gasteiger partial charge in [-0.25, -0.2) is 0 Å². The van der Waals surface area contributed by atoms with Gasteiger partial charge in [-0.05, 0) is 19.1 Å². The van der Waals surface area contributed by atoms with Crippen LogP contribution in [0, 0.1) is 0 Å². The van der Waals surface area contributed by atoms with Crippen molar-refractivity contribution in [3.8, 4) is 51.6 Å². The molecule has 0 unspecified atom stereocenters. The molecular weight excluding hydrogens is 472 g/mol. The van der Waals surface area contributed by atoms with E-state index in [0.717, 1.165) is 18.2 Å². The number of benzene rings is 2. The van der Waals surface area contributed by atoms with E-state index in [0.29, 0.717) is 0 Å². The summed E-state index contributed by atoms with van der Waals surface area (Å²) in [7, 11) is 1.19. The highest BCUT2D eigenvalue weighted by Gasteiger charge is 2.44. The van der Waals surface area contributed by atoms with E-state index in [4.69, 9.17) is 18.6 Å². The zero-order chi connectivity index (χ0) is 25.8. The van der Waals surface area contributed by atoms with Crippen LogP contribution in [-0.2, 0) is 4.74 Å². The highest BCUT2D eigenvalue weighted by Crippen LogP contribution is 2.45. The van der Waals surface area contributed by atoms with Crippen molar-refractivity contribution in [1.29, 1.82) is 0 Å². The van der Waals surface area contributed by atoms with Gasteiger partial charge in [-0.1, -0.05) is 0 Å². The number of phenolic OH excluding ortho intramolecular Hbond substituents is 5. The number of phenols is 5. The molecule has 0 aliphatic carbocycles. The molecule has 2 heterocycles. The minimum atomic E-state index is -1.83. The molecule has 0 spiro atoms. The van der Waals surface area contributed by atoms with E-state index < -0.39 is 87.4 Å². The van der Waals surface area contributed by atoms with Gasteiger partial charge < -0.3 is 59.5 Å². The quantitative estimate of drug-likeness (QED) is 0.180. The van der Waals surface area contributed by atoms with Crippen molar-refractivity contribution in [1.82, 2.24) is 0 Å². The lowest BCUT2D eigenvalue weighted by Crippen LogP contribution is -2.58. The van der Waals surface area contributed by atoms with Crippen LogP contribution in [0.3, 0.4) is 0 Å². The Kier molecular flexibility index (Phi) is 6.02. The van der Waals surface area contributed by atoms with Crippen molar-refractivity contribution in [3.63, 3.8) is 0 Å². The van der Waals surface area contributed by atoms with Gasteiger partial charge >= 0.3 is 0 Å². The molecule has 3 aromatic rings. The first kappa shape index (κ1) is 24.2. The van der Waals surface area contributed by atoms with E-state index in [-0.39, 0.29) is 11.3 Å². The molecule has 8 N–H and O–H groups in total. The number of hydrogen-bond donors (Lipinski definition) is 8. The Morgan fingerprint density at radius 3 is 2.09 bits per heavy atom. The van der Waals surface area contributed by atoms with Gasteiger partial charge in [0.1, 0.15) is 29.4 Å². The lowest BCUT2D eigenvalue weighted by Gasteiger charge is -2.38. The zero-order valence-electron chi connectivity index (χ0n) is 18.2. The molecule has 1 fully saturated rings. The van der Waals surface area contributed by atoms with Crippen LogP contribution < -0.4 is 14.9 Å². The van der Waals surface area contributed by atoms with Crippen LogP contribution in [0.25, 0.3) is 22.3 Å².